The van der Waals surface area contributed by atoms with Crippen LogP contribution in [0.4, 0.5) is 0 Å². The Balaban J connectivity index is 4.88. The minimum atomic E-state index is -1.04. The first kappa shape index (κ1) is 28.3. The number of aliphatic hydroxyl groups is 3. The SMILES string of the molecule is CCCCCCC(O)C[N+](CCO)(CCCCC(=O)[O-])CC(O)CCCCCC. The minimum absolute atomic E-state index is 0.00834. The molecular formula is C23H47NO5. The number of hydrogen-bond acceptors (Lipinski definition) is 5. The van der Waals surface area contributed by atoms with Crippen LogP contribution in [0.1, 0.15) is 97.3 Å². The second-order valence-corrected chi connectivity index (χ2v) is 8.71. The molecule has 0 heterocycles. The van der Waals surface area contributed by atoms with E-state index in [1.54, 1.807) is 0 Å². The molecule has 6 heteroatoms. The number of aliphatic hydroxyl groups excluding tert-OH is 3. The molecular weight excluding hydrogens is 370 g/mol. The van der Waals surface area contributed by atoms with Gasteiger partial charge in [0, 0.05) is 5.97 Å². The van der Waals surface area contributed by atoms with Crippen molar-refractivity contribution >= 4 is 5.97 Å². The van der Waals surface area contributed by atoms with Crippen LogP contribution in [0, 0.1) is 0 Å². The Morgan fingerprint density at radius 3 is 1.72 bits per heavy atom. The average molecular weight is 418 g/mol. The molecule has 2 unspecified atom stereocenters. The number of rotatable bonds is 21. The molecule has 0 amide bonds. The van der Waals surface area contributed by atoms with Crippen LogP contribution < -0.4 is 5.11 Å². The van der Waals surface area contributed by atoms with Gasteiger partial charge in [-0.2, -0.15) is 0 Å². The first-order valence-corrected chi connectivity index (χ1v) is 11.9. The maximum Gasteiger partial charge on any atom is 0.105 e. The molecule has 2 atom stereocenters. The number of aliphatic carboxylic acids is 1. The van der Waals surface area contributed by atoms with Gasteiger partial charge in [-0.15, -0.1) is 0 Å². The molecule has 0 aromatic heterocycles. The van der Waals surface area contributed by atoms with Gasteiger partial charge in [0.2, 0.25) is 0 Å². The number of carboxylic acid groups (broad SMARTS) is 1. The Hall–Kier alpha value is -0.690. The fourth-order valence-corrected chi connectivity index (χ4v) is 4.17. The van der Waals surface area contributed by atoms with Gasteiger partial charge in [-0.05, 0) is 32.1 Å². The summed E-state index contributed by atoms with van der Waals surface area (Å²) in [5.74, 6) is -1.04. The maximum absolute atomic E-state index is 10.7. The number of unbranched alkanes of at least 4 members (excludes halogenated alkanes) is 7. The van der Waals surface area contributed by atoms with Crippen LogP contribution in [0.2, 0.25) is 0 Å². The second-order valence-electron chi connectivity index (χ2n) is 8.71. The number of carboxylic acids is 1. The quantitative estimate of drug-likeness (QED) is 0.197. The fourth-order valence-electron chi connectivity index (χ4n) is 4.17. The predicted octanol–water partition coefficient (Wildman–Crippen LogP) is 2.38. The van der Waals surface area contributed by atoms with Crippen molar-refractivity contribution in [3.8, 4) is 0 Å². The van der Waals surface area contributed by atoms with Gasteiger partial charge in [-0.1, -0.05) is 65.2 Å². The zero-order chi connectivity index (χ0) is 22.0. The zero-order valence-corrected chi connectivity index (χ0v) is 19.0. The van der Waals surface area contributed by atoms with E-state index in [0.29, 0.717) is 43.5 Å². The summed E-state index contributed by atoms with van der Waals surface area (Å²) in [7, 11) is 0. The van der Waals surface area contributed by atoms with Crippen LogP contribution >= 0.6 is 0 Å². The van der Waals surface area contributed by atoms with Gasteiger partial charge in [-0.25, -0.2) is 0 Å². The smallest absolute Gasteiger partial charge is 0.105 e. The molecule has 0 aliphatic rings. The summed E-state index contributed by atoms with van der Waals surface area (Å²) in [6, 6.07) is 0. The molecule has 0 spiro atoms. The number of quaternary nitrogens is 1. The highest BCUT2D eigenvalue weighted by atomic mass is 16.4. The summed E-state index contributed by atoms with van der Waals surface area (Å²) in [6.45, 7) is 6.46. The van der Waals surface area contributed by atoms with E-state index in [1.165, 1.54) is 12.8 Å². The molecule has 0 rings (SSSR count). The second kappa shape index (κ2) is 18.1. The number of hydrogen-bond donors (Lipinski definition) is 3. The van der Waals surface area contributed by atoms with Crippen molar-refractivity contribution in [2.45, 2.75) is 110 Å². The van der Waals surface area contributed by atoms with Gasteiger partial charge >= 0.3 is 0 Å². The number of carbonyl (C=O) groups is 1. The molecule has 0 aliphatic heterocycles. The normalized spacial score (nSPS) is 15.8. The van der Waals surface area contributed by atoms with Crippen molar-refractivity contribution in [3.05, 3.63) is 0 Å². The van der Waals surface area contributed by atoms with Crippen LogP contribution in [0.3, 0.4) is 0 Å². The zero-order valence-electron chi connectivity index (χ0n) is 19.0. The molecule has 0 radical (unpaired) electrons. The van der Waals surface area contributed by atoms with Gasteiger partial charge in [0.25, 0.3) is 0 Å². The highest BCUT2D eigenvalue weighted by molar-refractivity contribution is 5.64. The standard InChI is InChI=1S/C23H47NO5/c1-3-5-7-9-13-21(26)19-24(17-18-25,16-12-11-15-23(28)29)20-22(27)14-10-8-6-4-2/h21-22,25-27H,3-20H2,1-2H3. The van der Waals surface area contributed by atoms with E-state index in [0.717, 1.165) is 51.4 Å². The molecule has 6 nitrogen and oxygen atoms in total. The van der Waals surface area contributed by atoms with E-state index in [9.17, 15) is 25.2 Å². The maximum atomic E-state index is 10.7. The van der Waals surface area contributed by atoms with E-state index in [2.05, 4.69) is 13.8 Å². The first-order chi connectivity index (χ1) is 13.9. The average Bonchev–Trinajstić information content (AvgIpc) is 2.66. The molecule has 0 saturated carbocycles. The van der Waals surface area contributed by atoms with Gasteiger partial charge in [0.05, 0.1) is 13.2 Å². The van der Waals surface area contributed by atoms with E-state index < -0.39 is 18.2 Å². The van der Waals surface area contributed by atoms with Gasteiger partial charge in [0.15, 0.2) is 0 Å². The van der Waals surface area contributed by atoms with Crippen LogP contribution in [0.25, 0.3) is 0 Å². The third-order valence-electron chi connectivity index (χ3n) is 5.82. The van der Waals surface area contributed by atoms with Crippen molar-refractivity contribution < 1.29 is 29.7 Å². The summed E-state index contributed by atoms with van der Waals surface area (Å²) >= 11 is 0. The summed E-state index contributed by atoms with van der Waals surface area (Å²) in [4.78, 5) is 10.7. The Labute approximate surface area is 178 Å². The van der Waals surface area contributed by atoms with Crippen LogP contribution in [0.15, 0.2) is 0 Å². The van der Waals surface area contributed by atoms with E-state index >= 15 is 0 Å². The van der Waals surface area contributed by atoms with Crippen molar-refractivity contribution in [3.63, 3.8) is 0 Å². The molecule has 0 bridgehead atoms. The van der Waals surface area contributed by atoms with E-state index in [1.807, 2.05) is 0 Å². The molecule has 0 aromatic carbocycles. The van der Waals surface area contributed by atoms with E-state index in [-0.39, 0.29) is 13.0 Å². The number of carbonyl (C=O) groups excluding carboxylic acids is 1. The molecule has 174 valence electrons. The lowest BCUT2D eigenvalue weighted by Gasteiger charge is -2.41. The van der Waals surface area contributed by atoms with Crippen molar-refractivity contribution in [1.82, 2.24) is 0 Å². The lowest BCUT2D eigenvalue weighted by Crippen LogP contribution is -2.57. The summed E-state index contributed by atoms with van der Waals surface area (Å²) in [5.41, 5.74) is 0. The number of nitrogens with zero attached hydrogens (tertiary/aromatic N) is 1. The first-order valence-electron chi connectivity index (χ1n) is 11.9. The highest BCUT2D eigenvalue weighted by Gasteiger charge is 2.32. The molecule has 0 fully saturated rings. The molecule has 3 N–H and O–H groups in total. The lowest BCUT2D eigenvalue weighted by atomic mass is 10.0. The van der Waals surface area contributed by atoms with Gasteiger partial charge in [-0.3, -0.25) is 0 Å². The van der Waals surface area contributed by atoms with Crippen molar-refractivity contribution in [1.29, 1.82) is 0 Å². The lowest BCUT2D eigenvalue weighted by molar-refractivity contribution is -0.934. The molecule has 29 heavy (non-hydrogen) atoms. The van der Waals surface area contributed by atoms with Gasteiger partial charge in [0.1, 0.15) is 31.8 Å². The van der Waals surface area contributed by atoms with Crippen molar-refractivity contribution in [2.75, 3.05) is 32.8 Å². The van der Waals surface area contributed by atoms with Crippen LogP contribution in [0.5, 0.6) is 0 Å². The third kappa shape index (κ3) is 15.8. The Morgan fingerprint density at radius 1 is 0.793 bits per heavy atom. The van der Waals surface area contributed by atoms with E-state index in [4.69, 9.17) is 0 Å². The fraction of sp³-hybridized carbons (Fsp3) is 0.957. The molecule has 0 aromatic rings. The van der Waals surface area contributed by atoms with Crippen LogP contribution in [-0.4, -0.2) is 70.8 Å². The van der Waals surface area contributed by atoms with Crippen molar-refractivity contribution in [2.24, 2.45) is 0 Å². The highest BCUT2D eigenvalue weighted by Crippen LogP contribution is 2.18. The Kier molecular flexibility index (Phi) is 17.7. The van der Waals surface area contributed by atoms with Gasteiger partial charge < -0.3 is 29.7 Å². The third-order valence-corrected chi connectivity index (χ3v) is 5.82. The van der Waals surface area contributed by atoms with Crippen LogP contribution in [-0.2, 0) is 4.79 Å². The topological polar surface area (TPSA) is 101 Å². The summed E-state index contributed by atoms with van der Waals surface area (Å²) in [5, 5.41) is 41.7. The molecule has 0 aliphatic carbocycles. The largest absolute Gasteiger partial charge is 0.550 e. The predicted molar refractivity (Wildman–Crippen MR) is 115 cm³/mol. The summed E-state index contributed by atoms with van der Waals surface area (Å²) < 4.78 is 0.452. The Morgan fingerprint density at radius 2 is 1.31 bits per heavy atom. The minimum Gasteiger partial charge on any atom is -0.550 e. The Bertz CT molecular complexity index is 371. The monoisotopic (exact) mass is 417 g/mol. The molecule has 0 saturated heterocycles. The summed E-state index contributed by atoms with van der Waals surface area (Å²) in [6.07, 6.45) is 10.6.